The summed E-state index contributed by atoms with van der Waals surface area (Å²) in [5.41, 5.74) is -2.47. The molecule has 0 unspecified atom stereocenters. The van der Waals surface area contributed by atoms with Crippen LogP contribution in [0, 0.1) is 10.1 Å². The number of phenolic OH excluding ortho intramolecular Hbond substituents is 2. The van der Waals surface area contributed by atoms with E-state index in [2.05, 4.69) is 9.68 Å². The van der Waals surface area contributed by atoms with E-state index < -0.39 is 45.0 Å². The maximum absolute atomic E-state index is 12.4. The van der Waals surface area contributed by atoms with E-state index in [1.54, 1.807) is 0 Å². The van der Waals surface area contributed by atoms with E-state index in [0.29, 0.717) is 6.07 Å². The summed E-state index contributed by atoms with van der Waals surface area (Å²) < 4.78 is 9.34. The molecule has 0 fully saturated rings. The number of carbonyl (C=O) groups excluding carboxylic acids is 2. The number of aromatic nitrogens is 1. The first-order valence-electron chi connectivity index (χ1n) is 6.24. The number of ketones is 1. The molecule has 10 heteroatoms. The number of ether oxygens (including phenoxy) is 1. The molecule has 0 spiro atoms. The Labute approximate surface area is 128 Å². The number of rotatable bonds is 5. The predicted octanol–water partition coefficient (Wildman–Crippen LogP) is 1.40. The van der Waals surface area contributed by atoms with Gasteiger partial charge in [-0.15, -0.1) is 0 Å². The normalized spacial score (nSPS) is 10.3. The van der Waals surface area contributed by atoms with Crippen molar-refractivity contribution in [2.24, 2.45) is 0 Å². The Morgan fingerprint density at radius 2 is 2.13 bits per heavy atom. The number of benzene rings is 1. The lowest BCUT2D eigenvalue weighted by Crippen LogP contribution is -2.15. The third kappa shape index (κ3) is 2.81. The van der Waals surface area contributed by atoms with Crippen molar-refractivity contribution in [3.8, 4) is 11.5 Å². The molecule has 2 aromatic rings. The minimum Gasteiger partial charge on any atom is -0.504 e. The van der Waals surface area contributed by atoms with Gasteiger partial charge in [0.2, 0.25) is 17.3 Å². The van der Waals surface area contributed by atoms with Crippen molar-refractivity contribution in [3.63, 3.8) is 0 Å². The molecule has 0 atom stereocenters. The molecule has 1 heterocycles. The maximum atomic E-state index is 12.4. The number of nitrogens with zero attached hydrogens (tertiary/aromatic N) is 2. The van der Waals surface area contributed by atoms with Gasteiger partial charge in [0.05, 0.1) is 23.3 Å². The molecule has 0 aliphatic rings. The number of phenols is 2. The van der Waals surface area contributed by atoms with E-state index in [1.807, 2.05) is 0 Å². The van der Waals surface area contributed by atoms with E-state index >= 15 is 0 Å². The molecule has 0 aliphatic carbocycles. The highest BCUT2D eigenvalue weighted by Gasteiger charge is 2.35. The van der Waals surface area contributed by atoms with Gasteiger partial charge in [0, 0.05) is 6.07 Å². The van der Waals surface area contributed by atoms with Crippen LogP contribution in [0.15, 0.2) is 22.9 Å². The van der Waals surface area contributed by atoms with E-state index in [4.69, 9.17) is 4.74 Å². The van der Waals surface area contributed by atoms with Crippen LogP contribution in [-0.4, -0.2) is 38.7 Å². The van der Waals surface area contributed by atoms with Crippen LogP contribution in [0.2, 0.25) is 0 Å². The summed E-state index contributed by atoms with van der Waals surface area (Å²) in [6.45, 7) is 1.43. The minimum atomic E-state index is -1.15. The second-order valence-electron chi connectivity index (χ2n) is 4.20. The van der Waals surface area contributed by atoms with Gasteiger partial charge in [0.1, 0.15) is 5.56 Å². The summed E-state index contributed by atoms with van der Waals surface area (Å²) in [5.74, 6) is -4.61. The Morgan fingerprint density at radius 3 is 2.65 bits per heavy atom. The van der Waals surface area contributed by atoms with Gasteiger partial charge >= 0.3 is 11.7 Å². The number of nitro benzene ring substituents is 1. The standard InChI is InChI=1S/C13H10N2O8/c1-2-22-13(19)6-5-7(16)11(17)10(15(20)21)9(6)12(18)8-3-4-14-23-8/h3-5,16-17H,2H2,1H3. The van der Waals surface area contributed by atoms with Gasteiger partial charge in [-0.25, -0.2) is 4.79 Å². The summed E-state index contributed by atoms with van der Waals surface area (Å²) in [7, 11) is 0. The highest BCUT2D eigenvalue weighted by molar-refractivity contribution is 6.16. The number of nitro groups is 1. The molecule has 0 amide bonds. The molecule has 120 valence electrons. The molecular weight excluding hydrogens is 312 g/mol. The molecule has 2 N–H and O–H groups in total. The van der Waals surface area contributed by atoms with Gasteiger partial charge in [0.25, 0.3) is 0 Å². The van der Waals surface area contributed by atoms with Crippen molar-refractivity contribution >= 4 is 17.4 Å². The van der Waals surface area contributed by atoms with Crippen molar-refractivity contribution in [1.29, 1.82) is 0 Å². The van der Waals surface area contributed by atoms with Gasteiger partial charge in [-0.3, -0.25) is 14.9 Å². The van der Waals surface area contributed by atoms with Gasteiger partial charge < -0.3 is 19.5 Å². The number of hydrogen-bond acceptors (Lipinski definition) is 9. The number of esters is 1. The second-order valence-corrected chi connectivity index (χ2v) is 4.20. The van der Waals surface area contributed by atoms with Crippen molar-refractivity contribution in [1.82, 2.24) is 5.16 Å². The van der Waals surface area contributed by atoms with Gasteiger partial charge in [-0.1, -0.05) is 5.16 Å². The van der Waals surface area contributed by atoms with Gasteiger partial charge in [-0.2, -0.15) is 0 Å². The Balaban J connectivity index is 2.78. The molecule has 1 aromatic heterocycles. The van der Waals surface area contributed by atoms with Crippen LogP contribution in [-0.2, 0) is 4.74 Å². The Kier molecular flexibility index (Phi) is 4.25. The van der Waals surface area contributed by atoms with Gasteiger partial charge in [-0.05, 0) is 13.0 Å². The van der Waals surface area contributed by atoms with E-state index in [-0.39, 0.29) is 12.4 Å². The molecular formula is C13H10N2O8. The predicted molar refractivity (Wildman–Crippen MR) is 72.3 cm³/mol. The van der Waals surface area contributed by atoms with Crippen LogP contribution in [0.3, 0.4) is 0 Å². The highest BCUT2D eigenvalue weighted by Crippen LogP contribution is 2.41. The van der Waals surface area contributed by atoms with Crippen LogP contribution >= 0.6 is 0 Å². The average Bonchev–Trinajstić information content (AvgIpc) is 3.02. The van der Waals surface area contributed by atoms with Crippen molar-refractivity contribution in [2.45, 2.75) is 6.92 Å². The molecule has 0 saturated heterocycles. The smallest absolute Gasteiger partial charge is 0.339 e. The lowest BCUT2D eigenvalue weighted by molar-refractivity contribution is -0.386. The maximum Gasteiger partial charge on any atom is 0.339 e. The van der Waals surface area contributed by atoms with Crippen LogP contribution in [0.4, 0.5) is 5.69 Å². The summed E-state index contributed by atoms with van der Waals surface area (Å²) in [5, 5.41) is 33.7. The number of aromatic hydroxyl groups is 2. The summed E-state index contributed by atoms with van der Waals surface area (Å²) in [6.07, 6.45) is 1.13. The third-order valence-electron chi connectivity index (χ3n) is 2.82. The zero-order chi connectivity index (χ0) is 17.1. The molecule has 10 nitrogen and oxygen atoms in total. The molecule has 2 rings (SSSR count). The van der Waals surface area contributed by atoms with Crippen molar-refractivity contribution in [2.75, 3.05) is 6.61 Å². The molecule has 0 saturated carbocycles. The summed E-state index contributed by atoms with van der Waals surface area (Å²) in [6, 6.07) is 1.84. The molecule has 0 bridgehead atoms. The summed E-state index contributed by atoms with van der Waals surface area (Å²) in [4.78, 5) is 34.4. The molecule has 1 aromatic carbocycles. The van der Waals surface area contributed by atoms with Gasteiger partial charge in [0.15, 0.2) is 5.75 Å². The Morgan fingerprint density at radius 1 is 1.43 bits per heavy atom. The van der Waals surface area contributed by atoms with E-state index in [0.717, 1.165) is 12.3 Å². The van der Waals surface area contributed by atoms with Crippen LogP contribution in [0.5, 0.6) is 11.5 Å². The third-order valence-corrected chi connectivity index (χ3v) is 2.82. The quantitative estimate of drug-likeness (QED) is 0.273. The van der Waals surface area contributed by atoms with Crippen molar-refractivity contribution in [3.05, 3.63) is 45.3 Å². The van der Waals surface area contributed by atoms with E-state index in [9.17, 15) is 29.9 Å². The second kappa shape index (κ2) is 6.13. The van der Waals surface area contributed by atoms with Crippen LogP contribution < -0.4 is 0 Å². The first-order chi connectivity index (χ1) is 10.9. The lowest BCUT2D eigenvalue weighted by Gasteiger charge is -2.10. The first-order valence-corrected chi connectivity index (χ1v) is 6.24. The monoisotopic (exact) mass is 322 g/mol. The minimum absolute atomic E-state index is 0.0653. The van der Waals surface area contributed by atoms with Crippen molar-refractivity contribution < 1.29 is 34.0 Å². The SMILES string of the molecule is CCOC(=O)c1cc(O)c(O)c([N+](=O)[O-])c1C(=O)c1ccno1. The highest BCUT2D eigenvalue weighted by atomic mass is 16.6. The number of carbonyl (C=O) groups is 2. The average molecular weight is 322 g/mol. The molecule has 0 aliphatic heterocycles. The van der Waals surface area contributed by atoms with Crippen LogP contribution in [0.1, 0.15) is 33.4 Å². The Hall–Kier alpha value is -3.43. The first kappa shape index (κ1) is 15.9. The topological polar surface area (TPSA) is 153 Å². The zero-order valence-electron chi connectivity index (χ0n) is 11.7. The Bertz CT molecular complexity index is 782. The number of hydrogen-bond donors (Lipinski definition) is 2. The lowest BCUT2D eigenvalue weighted by atomic mass is 9.98. The zero-order valence-corrected chi connectivity index (χ0v) is 11.7. The fourth-order valence-electron chi connectivity index (χ4n) is 1.88. The summed E-state index contributed by atoms with van der Waals surface area (Å²) >= 11 is 0. The van der Waals surface area contributed by atoms with Crippen LogP contribution in [0.25, 0.3) is 0 Å². The largest absolute Gasteiger partial charge is 0.504 e. The fourth-order valence-corrected chi connectivity index (χ4v) is 1.88. The fraction of sp³-hybridized carbons (Fsp3) is 0.154. The van der Waals surface area contributed by atoms with E-state index in [1.165, 1.54) is 6.92 Å². The molecule has 0 radical (unpaired) electrons. The molecule has 23 heavy (non-hydrogen) atoms.